The van der Waals surface area contributed by atoms with Crippen LogP contribution in [0.3, 0.4) is 0 Å². The first-order valence-corrected chi connectivity index (χ1v) is 10.5. The molecule has 14 heteroatoms. The summed E-state index contributed by atoms with van der Waals surface area (Å²) in [4.78, 5) is 13.5. The van der Waals surface area contributed by atoms with E-state index >= 15 is 0 Å². The molecule has 4 aromatic rings. The zero-order valence-electron chi connectivity index (χ0n) is 16.5. The van der Waals surface area contributed by atoms with E-state index in [2.05, 4.69) is 20.2 Å². The van der Waals surface area contributed by atoms with Crippen LogP contribution in [0.5, 0.6) is 0 Å². The number of anilines is 1. The van der Waals surface area contributed by atoms with Gasteiger partial charge in [0.15, 0.2) is 37.8 Å². The van der Waals surface area contributed by atoms with Gasteiger partial charge in [0.25, 0.3) is 0 Å². The van der Waals surface area contributed by atoms with E-state index in [0.717, 1.165) is 22.8 Å². The normalized spacial score (nSPS) is 12.7. The Morgan fingerprint density at radius 1 is 1.23 bits per heavy atom. The van der Waals surface area contributed by atoms with E-state index in [4.69, 9.17) is 4.84 Å². The van der Waals surface area contributed by atoms with Crippen molar-refractivity contribution in [2.75, 3.05) is 25.0 Å². The Kier molecular flexibility index (Phi) is 4.85. The van der Waals surface area contributed by atoms with Crippen LogP contribution in [0.1, 0.15) is 12.5 Å². The Morgan fingerprint density at radius 3 is 2.61 bits per heavy atom. The Morgan fingerprint density at radius 2 is 1.97 bits per heavy atom. The van der Waals surface area contributed by atoms with Crippen molar-refractivity contribution in [3.8, 4) is 11.4 Å². The van der Waals surface area contributed by atoms with Gasteiger partial charge in [0.1, 0.15) is 5.56 Å². The monoisotopic (exact) mass is 455 g/mol. The zero-order chi connectivity index (χ0) is 22.6. The molecule has 0 bridgehead atoms. The van der Waals surface area contributed by atoms with Gasteiger partial charge in [0, 0.05) is 25.5 Å². The standard InChI is InChI=1S/C17H16F3N7O3S/c1-4-31(28,29)16-13(15-21-7-5-12(25(2)30-3)27(15)24-16)14-22-11-9-10(17(18,19)20)6-8-26(11)23-14/h5-9H,4H2,1-3H3. The van der Waals surface area contributed by atoms with E-state index in [1.54, 1.807) is 13.1 Å². The van der Waals surface area contributed by atoms with Crippen LogP contribution in [0, 0.1) is 0 Å². The molecule has 0 aromatic carbocycles. The van der Waals surface area contributed by atoms with Gasteiger partial charge in [0.2, 0.25) is 0 Å². The van der Waals surface area contributed by atoms with Crippen molar-refractivity contribution in [1.29, 1.82) is 0 Å². The summed E-state index contributed by atoms with van der Waals surface area (Å²) in [6.45, 7) is 1.45. The van der Waals surface area contributed by atoms with Crippen molar-refractivity contribution in [2.45, 2.75) is 18.1 Å². The second-order valence-electron chi connectivity index (χ2n) is 6.45. The molecular formula is C17H16F3N7O3S. The summed E-state index contributed by atoms with van der Waals surface area (Å²) in [6, 6.07) is 3.24. The van der Waals surface area contributed by atoms with Crippen molar-refractivity contribution in [3.05, 3.63) is 36.2 Å². The first-order chi connectivity index (χ1) is 14.6. The lowest BCUT2D eigenvalue weighted by atomic mass is 10.2. The van der Waals surface area contributed by atoms with Gasteiger partial charge >= 0.3 is 6.18 Å². The van der Waals surface area contributed by atoms with E-state index in [-0.39, 0.29) is 33.5 Å². The van der Waals surface area contributed by atoms with Crippen molar-refractivity contribution >= 4 is 26.9 Å². The third kappa shape index (κ3) is 3.46. The minimum Gasteiger partial charge on any atom is -0.276 e. The third-order valence-corrected chi connectivity index (χ3v) is 6.26. The van der Waals surface area contributed by atoms with Crippen molar-refractivity contribution in [2.24, 2.45) is 0 Å². The number of alkyl halides is 3. The molecule has 0 fully saturated rings. The van der Waals surface area contributed by atoms with Crippen molar-refractivity contribution < 1.29 is 26.4 Å². The number of nitrogens with zero attached hydrogens (tertiary/aromatic N) is 7. The van der Waals surface area contributed by atoms with E-state index < -0.39 is 21.6 Å². The number of rotatable bonds is 5. The number of pyridine rings is 1. The molecular weight excluding hydrogens is 439 g/mol. The largest absolute Gasteiger partial charge is 0.416 e. The lowest BCUT2D eigenvalue weighted by molar-refractivity contribution is -0.137. The number of aromatic nitrogens is 6. The van der Waals surface area contributed by atoms with E-state index in [1.807, 2.05) is 0 Å². The minimum absolute atomic E-state index is 0.00883. The highest BCUT2D eigenvalue weighted by molar-refractivity contribution is 7.91. The van der Waals surface area contributed by atoms with Crippen LogP contribution >= 0.6 is 0 Å². The smallest absolute Gasteiger partial charge is 0.276 e. The molecule has 0 N–H and O–H groups in total. The summed E-state index contributed by atoms with van der Waals surface area (Å²) in [7, 11) is -0.849. The van der Waals surface area contributed by atoms with Gasteiger partial charge in [-0.15, -0.1) is 5.10 Å². The van der Waals surface area contributed by atoms with Gasteiger partial charge in [-0.3, -0.25) is 4.84 Å². The average Bonchev–Trinajstić information content (AvgIpc) is 3.33. The summed E-state index contributed by atoms with van der Waals surface area (Å²) in [5.74, 6) is -0.00854. The van der Waals surface area contributed by atoms with E-state index in [9.17, 15) is 21.6 Å². The molecule has 0 aliphatic carbocycles. The van der Waals surface area contributed by atoms with Gasteiger partial charge in [-0.1, -0.05) is 6.92 Å². The lowest BCUT2D eigenvalue weighted by Gasteiger charge is -2.15. The van der Waals surface area contributed by atoms with Crippen LogP contribution < -0.4 is 5.06 Å². The van der Waals surface area contributed by atoms with Crippen LogP contribution in [0.4, 0.5) is 19.0 Å². The number of hydrogen-bond donors (Lipinski definition) is 0. The average molecular weight is 455 g/mol. The topological polar surface area (TPSA) is 107 Å². The second kappa shape index (κ2) is 7.16. The summed E-state index contributed by atoms with van der Waals surface area (Å²) in [5, 5.41) is 9.39. The molecule has 0 saturated heterocycles. The van der Waals surface area contributed by atoms with Gasteiger partial charge in [-0.25, -0.2) is 28.0 Å². The summed E-state index contributed by atoms with van der Waals surface area (Å²) in [5.41, 5.74) is -0.901. The SMILES string of the molecule is CCS(=O)(=O)c1nn2c(N(C)OC)ccnc2c1-c1nc2cc(C(F)(F)F)ccn2n1. The quantitative estimate of drug-likeness (QED) is 0.422. The summed E-state index contributed by atoms with van der Waals surface area (Å²) in [6.07, 6.45) is -2.03. The molecule has 0 atom stereocenters. The van der Waals surface area contributed by atoms with Gasteiger partial charge in [-0.2, -0.15) is 22.8 Å². The predicted octanol–water partition coefficient (Wildman–Crippen LogP) is 2.25. The fourth-order valence-electron chi connectivity index (χ4n) is 2.96. The number of sulfone groups is 1. The molecule has 4 rings (SSSR count). The molecule has 164 valence electrons. The Hall–Kier alpha value is -3.26. The molecule has 31 heavy (non-hydrogen) atoms. The molecule has 0 unspecified atom stereocenters. The van der Waals surface area contributed by atoms with Crippen LogP contribution in [-0.2, 0) is 20.9 Å². The second-order valence-corrected chi connectivity index (χ2v) is 8.65. The molecule has 0 amide bonds. The van der Waals surface area contributed by atoms with E-state index in [1.165, 1.54) is 29.8 Å². The maximum absolute atomic E-state index is 13.0. The first-order valence-electron chi connectivity index (χ1n) is 8.89. The van der Waals surface area contributed by atoms with Crippen molar-refractivity contribution in [1.82, 2.24) is 29.2 Å². The molecule has 10 nitrogen and oxygen atoms in total. The Labute approximate surface area is 173 Å². The molecule has 4 aromatic heterocycles. The van der Waals surface area contributed by atoms with Gasteiger partial charge in [-0.05, 0) is 12.1 Å². The fraction of sp³-hybridized carbons (Fsp3) is 0.294. The van der Waals surface area contributed by atoms with Crippen molar-refractivity contribution in [3.63, 3.8) is 0 Å². The number of fused-ring (bicyclic) bond motifs is 2. The lowest BCUT2D eigenvalue weighted by Crippen LogP contribution is -2.18. The Balaban J connectivity index is 2.03. The maximum Gasteiger partial charge on any atom is 0.416 e. The highest BCUT2D eigenvalue weighted by Gasteiger charge is 2.32. The molecule has 0 aliphatic heterocycles. The predicted molar refractivity (Wildman–Crippen MR) is 103 cm³/mol. The van der Waals surface area contributed by atoms with Crippen LogP contribution in [-0.4, -0.2) is 57.5 Å². The van der Waals surface area contributed by atoms with Gasteiger partial charge < -0.3 is 0 Å². The molecule has 4 heterocycles. The summed E-state index contributed by atoms with van der Waals surface area (Å²) < 4.78 is 67.0. The molecule has 0 aliphatic rings. The summed E-state index contributed by atoms with van der Waals surface area (Å²) >= 11 is 0. The number of halogens is 3. The first kappa shape index (κ1) is 21.0. The van der Waals surface area contributed by atoms with Crippen LogP contribution in [0.2, 0.25) is 0 Å². The maximum atomic E-state index is 13.0. The van der Waals surface area contributed by atoms with Crippen LogP contribution in [0.15, 0.2) is 35.6 Å². The molecule has 0 saturated carbocycles. The van der Waals surface area contributed by atoms with Crippen LogP contribution in [0.25, 0.3) is 22.7 Å². The third-order valence-electron chi connectivity index (χ3n) is 4.63. The highest BCUT2D eigenvalue weighted by Crippen LogP contribution is 2.33. The highest BCUT2D eigenvalue weighted by atomic mass is 32.2. The zero-order valence-corrected chi connectivity index (χ0v) is 17.3. The Bertz CT molecular complexity index is 1400. The molecule has 0 spiro atoms. The number of hydrogen-bond acceptors (Lipinski definition) is 8. The number of hydroxylamine groups is 1. The van der Waals surface area contributed by atoms with Gasteiger partial charge in [0.05, 0.1) is 18.4 Å². The minimum atomic E-state index is -4.56. The van der Waals surface area contributed by atoms with E-state index in [0.29, 0.717) is 5.82 Å². The fourth-order valence-corrected chi connectivity index (χ4v) is 3.93. The molecule has 0 radical (unpaired) electrons.